The molecule has 176 valence electrons. The fourth-order valence-corrected chi connectivity index (χ4v) is 7.93. The lowest BCUT2D eigenvalue weighted by Gasteiger charge is -2.36. The van der Waals surface area contributed by atoms with Crippen molar-refractivity contribution in [3.8, 4) is 5.19 Å². The van der Waals surface area contributed by atoms with E-state index in [1.54, 1.807) is 23.6 Å². The highest BCUT2D eigenvalue weighted by Gasteiger charge is 2.35. The molecule has 4 heterocycles. The van der Waals surface area contributed by atoms with E-state index in [1.165, 1.54) is 33.0 Å². The van der Waals surface area contributed by atoms with Gasteiger partial charge in [0.05, 0.1) is 4.70 Å². The van der Waals surface area contributed by atoms with Crippen LogP contribution in [0.25, 0.3) is 10.2 Å². The molecule has 0 saturated carbocycles. The summed E-state index contributed by atoms with van der Waals surface area (Å²) >= 11 is 2.55. The van der Waals surface area contributed by atoms with E-state index in [9.17, 15) is 17.6 Å². The van der Waals surface area contributed by atoms with Crippen molar-refractivity contribution in [2.24, 2.45) is 5.92 Å². The van der Waals surface area contributed by atoms with E-state index in [-0.39, 0.29) is 23.7 Å². The molecule has 3 aromatic rings. The minimum atomic E-state index is -3.46. The number of rotatable bonds is 5. The second-order valence-corrected chi connectivity index (χ2v) is 12.4. The van der Waals surface area contributed by atoms with Crippen molar-refractivity contribution in [3.63, 3.8) is 0 Å². The number of thiazole rings is 1. The predicted octanol–water partition coefficient (Wildman–Crippen LogP) is 3.97. The summed E-state index contributed by atoms with van der Waals surface area (Å²) in [6.07, 6.45) is 2.40. The number of sulfonamides is 1. The van der Waals surface area contributed by atoms with Crippen LogP contribution < -0.4 is 4.74 Å². The van der Waals surface area contributed by atoms with Crippen molar-refractivity contribution in [2.45, 2.75) is 36.0 Å². The third-order valence-electron chi connectivity index (χ3n) is 6.26. The van der Waals surface area contributed by atoms with Gasteiger partial charge in [-0.15, -0.1) is 11.3 Å². The van der Waals surface area contributed by atoms with E-state index in [1.807, 2.05) is 11.0 Å². The first-order chi connectivity index (χ1) is 15.9. The zero-order valence-corrected chi connectivity index (χ0v) is 20.3. The van der Waals surface area contributed by atoms with Crippen molar-refractivity contribution in [2.75, 3.05) is 26.2 Å². The number of piperidine rings is 2. The highest BCUT2D eigenvalue weighted by atomic mass is 32.2. The van der Waals surface area contributed by atoms with Crippen LogP contribution in [0.15, 0.2) is 39.9 Å². The lowest BCUT2D eigenvalue weighted by Crippen LogP contribution is -2.47. The molecule has 1 aromatic carbocycles. The number of benzene rings is 1. The number of hydrogen-bond donors (Lipinski definition) is 0. The Hall–Kier alpha value is -2.08. The van der Waals surface area contributed by atoms with Crippen molar-refractivity contribution in [3.05, 3.63) is 41.5 Å². The van der Waals surface area contributed by atoms with Crippen molar-refractivity contribution >= 4 is 48.8 Å². The van der Waals surface area contributed by atoms with Gasteiger partial charge in [0.15, 0.2) is 0 Å². The van der Waals surface area contributed by atoms with E-state index in [0.717, 1.165) is 4.70 Å². The second kappa shape index (κ2) is 9.28. The first kappa shape index (κ1) is 22.7. The molecule has 2 aliphatic rings. The molecule has 2 aliphatic heterocycles. The molecule has 33 heavy (non-hydrogen) atoms. The number of fused-ring (bicyclic) bond motifs is 1. The number of halogens is 1. The molecule has 0 radical (unpaired) electrons. The lowest BCUT2D eigenvalue weighted by molar-refractivity contribution is -0.138. The summed E-state index contributed by atoms with van der Waals surface area (Å²) in [5, 5.41) is 2.21. The predicted molar refractivity (Wildman–Crippen MR) is 126 cm³/mol. The quantitative estimate of drug-likeness (QED) is 0.520. The smallest absolute Gasteiger partial charge is 0.274 e. The van der Waals surface area contributed by atoms with Gasteiger partial charge in [0.2, 0.25) is 5.91 Å². The number of carbonyl (C=O) groups is 1. The number of nitrogens with zero attached hydrogens (tertiary/aromatic N) is 3. The van der Waals surface area contributed by atoms with Gasteiger partial charge in [0, 0.05) is 44.9 Å². The number of para-hydroxylation sites is 1. The Bertz CT molecular complexity index is 1230. The topological polar surface area (TPSA) is 79.8 Å². The minimum absolute atomic E-state index is 0.0598. The first-order valence-electron chi connectivity index (χ1n) is 11.0. The fraction of sp³-hybridized carbons (Fsp3) is 0.455. The fourth-order valence-electron chi connectivity index (χ4n) is 4.42. The van der Waals surface area contributed by atoms with Gasteiger partial charge >= 0.3 is 0 Å². The monoisotopic (exact) mass is 509 g/mol. The summed E-state index contributed by atoms with van der Waals surface area (Å²) in [6, 6.07) is 8.22. The Labute approximate surface area is 199 Å². The van der Waals surface area contributed by atoms with Gasteiger partial charge in [-0.05, 0) is 36.4 Å². The normalized spacial score (nSPS) is 19.2. The number of ether oxygens (including phenoxy) is 1. The van der Waals surface area contributed by atoms with Gasteiger partial charge in [0.1, 0.15) is 21.6 Å². The Morgan fingerprint density at radius 1 is 1.06 bits per heavy atom. The molecule has 2 aromatic heterocycles. The van der Waals surface area contributed by atoms with E-state index in [0.29, 0.717) is 66.8 Å². The molecule has 0 unspecified atom stereocenters. The molecule has 0 N–H and O–H groups in total. The van der Waals surface area contributed by atoms with Gasteiger partial charge in [0.25, 0.3) is 15.2 Å². The number of likely N-dealkylation sites (tertiary alicyclic amines) is 1. The van der Waals surface area contributed by atoms with Crippen LogP contribution in [0.5, 0.6) is 5.19 Å². The van der Waals surface area contributed by atoms with Gasteiger partial charge in [-0.3, -0.25) is 4.79 Å². The average Bonchev–Trinajstić information content (AvgIpc) is 3.50. The van der Waals surface area contributed by atoms with Crippen LogP contribution in [0.2, 0.25) is 0 Å². The van der Waals surface area contributed by atoms with E-state index in [2.05, 4.69) is 4.98 Å². The lowest BCUT2D eigenvalue weighted by atomic mass is 9.95. The van der Waals surface area contributed by atoms with Crippen LogP contribution >= 0.6 is 22.7 Å². The molecule has 11 heteroatoms. The van der Waals surface area contributed by atoms with Gasteiger partial charge in [-0.25, -0.2) is 12.8 Å². The molecule has 0 spiro atoms. The highest BCUT2D eigenvalue weighted by Crippen LogP contribution is 2.32. The Balaban J connectivity index is 1.12. The third-order valence-corrected chi connectivity index (χ3v) is 10.4. The number of thiophene rings is 1. The third kappa shape index (κ3) is 4.64. The summed E-state index contributed by atoms with van der Waals surface area (Å²) in [5.74, 6) is -0.401. The standard InChI is InChI=1S/C22H24FN3O4S3/c23-17-3-1-4-18-20(17)24-22(32-18)30-16-8-10-25(11-9-16)21(27)15-6-12-26(13-7-15)33(28,29)19-5-2-14-31-19/h1-5,14-16H,6-13H2. The summed E-state index contributed by atoms with van der Waals surface area (Å²) in [6.45, 7) is 1.92. The molecule has 1 amide bonds. The Morgan fingerprint density at radius 2 is 1.82 bits per heavy atom. The van der Waals surface area contributed by atoms with E-state index < -0.39 is 10.0 Å². The van der Waals surface area contributed by atoms with Crippen LogP contribution in [-0.4, -0.2) is 60.8 Å². The molecule has 0 atom stereocenters. The maximum absolute atomic E-state index is 13.9. The maximum atomic E-state index is 13.9. The van der Waals surface area contributed by atoms with E-state index >= 15 is 0 Å². The van der Waals surface area contributed by atoms with Crippen LogP contribution in [0.1, 0.15) is 25.7 Å². The zero-order chi connectivity index (χ0) is 23.0. The highest BCUT2D eigenvalue weighted by molar-refractivity contribution is 7.91. The van der Waals surface area contributed by atoms with E-state index in [4.69, 9.17) is 4.74 Å². The average molecular weight is 510 g/mol. The summed E-state index contributed by atoms with van der Waals surface area (Å²) in [4.78, 5) is 19.2. The number of amides is 1. The molecule has 0 aliphatic carbocycles. The largest absolute Gasteiger partial charge is 0.467 e. The Morgan fingerprint density at radius 3 is 2.48 bits per heavy atom. The van der Waals surface area contributed by atoms with Gasteiger partial charge < -0.3 is 9.64 Å². The molecule has 0 bridgehead atoms. The number of hydrogen-bond acceptors (Lipinski definition) is 7. The SMILES string of the molecule is O=C(C1CCN(S(=O)(=O)c2cccs2)CC1)N1CCC(Oc2nc3c(F)cccc3s2)CC1. The van der Waals surface area contributed by atoms with Gasteiger partial charge in [-0.1, -0.05) is 23.5 Å². The first-order valence-corrected chi connectivity index (χ1v) is 14.1. The number of aromatic nitrogens is 1. The summed E-state index contributed by atoms with van der Waals surface area (Å²) < 4.78 is 47.8. The molecular weight excluding hydrogens is 485 g/mol. The Kier molecular flexibility index (Phi) is 6.39. The molecule has 2 saturated heterocycles. The van der Waals surface area contributed by atoms with Crippen molar-refractivity contribution in [1.29, 1.82) is 0 Å². The minimum Gasteiger partial charge on any atom is -0.467 e. The molecule has 7 nitrogen and oxygen atoms in total. The van der Waals surface area contributed by atoms with Crippen molar-refractivity contribution in [1.82, 2.24) is 14.2 Å². The summed E-state index contributed by atoms with van der Waals surface area (Å²) in [5.41, 5.74) is 0.331. The second-order valence-electron chi connectivity index (χ2n) is 8.32. The van der Waals surface area contributed by atoms with Crippen LogP contribution in [-0.2, 0) is 14.8 Å². The number of carbonyl (C=O) groups excluding carboxylic acids is 1. The zero-order valence-electron chi connectivity index (χ0n) is 17.9. The summed E-state index contributed by atoms with van der Waals surface area (Å²) in [7, 11) is -3.46. The molecular formula is C22H24FN3O4S3. The maximum Gasteiger partial charge on any atom is 0.274 e. The van der Waals surface area contributed by atoms with Crippen molar-refractivity contribution < 1.29 is 22.3 Å². The van der Waals surface area contributed by atoms with Crippen LogP contribution in [0.4, 0.5) is 4.39 Å². The van der Waals surface area contributed by atoms with Crippen LogP contribution in [0, 0.1) is 11.7 Å². The molecule has 5 rings (SSSR count). The van der Waals surface area contributed by atoms with Crippen LogP contribution in [0.3, 0.4) is 0 Å². The van der Waals surface area contributed by atoms with Gasteiger partial charge in [-0.2, -0.15) is 9.29 Å². The molecule has 2 fully saturated rings.